The second-order valence-electron chi connectivity index (χ2n) is 6.32. The van der Waals surface area contributed by atoms with Crippen molar-refractivity contribution in [3.8, 4) is 0 Å². The van der Waals surface area contributed by atoms with Crippen LogP contribution in [-0.2, 0) is 0 Å². The lowest BCUT2D eigenvalue weighted by Gasteiger charge is -2.27. The van der Waals surface area contributed by atoms with Crippen LogP contribution < -0.4 is 5.32 Å². The van der Waals surface area contributed by atoms with E-state index in [-0.39, 0.29) is 0 Å². The maximum atomic E-state index is 3.91. The molecule has 1 heteroatoms. The van der Waals surface area contributed by atoms with Gasteiger partial charge in [0, 0.05) is 12.1 Å². The fraction of sp³-hybridized carbons (Fsp3) is 1.00. The zero-order valence-corrected chi connectivity index (χ0v) is 11.2. The highest BCUT2D eigenvalue weighted by atomic mass is 15.0. The first kappa shape index (κ1) is 12.4. The van der Waals surface area contributed by atoms with E-state index < -0.39 is 0 Å². The lowest BCUT2D eigenvalue weighted by molar-refractivity contribution is 0.307. The summed E-state index contributed by atoms with van der Waals surface area (Å²) in [7, 11) is 0. The van der Waals surface area contributed by atoms with Crippen LogP contribution in [0.5, 0.6) is 0 Å². The molecular weight excluding hydrogens is 194 g/mol. The molecule has 0 bridgehead atoms. The van der Waals surface area contributed by atoms with Crippen molar-refractivity contribution in [1.29, 1.82) is 0 Å². The van der Waals surface area contributed by atoms with Crippen LogP contribution in [0.2, 0.25) is 0 Å². The van der Waals surface area contributed by atoms with Crippen molar-refractivity contribution in [3.63, 3.8) is 0 Å². The Bertz CT molecular complexity index is 194. The van der Waals surface area contributed by atoms with Crippen molar-refractivity contribution < 1.29 is 0 Å². The van der Waals surface area contributed by atoms with Gasteiger partial charge in [0.05, 0.1) is 0 Å². The molecule has 0 heterocycles. The highest BCUT2D eigenvalue weighted by Gasteiger charge is 2.25. The third kappa shape index (κ3) is 3.48. The average molecular weight is 223 g/mol. The predicted octanol–water partition coefficient (Wildman–Crippen LogP) is 4.12. The van der Waals surface area contributed by atoms with Crippen LogP contribution in [0, 0.1) is 11.8 Å². The molecule has 1 nitrogen and oxygen atoms in total. The van der Waals surface area contributed by atoms with Gasteiger partial charge >= 0.3 is 0 Å². The largest absolute Gasteiger partial charge is 0.311 e. The Morgan fingerprint density at radius 1 is 0.938 bits per heavy atom. The lowest BCUT2D eigenvalue weighted by atomic mass is 9.92. The minimum atomic E-state index is 0.758. The van der Waals surface area contributed by atoms with E-state index in [4.69, 9.17) is 0 Å². The number of hydrogen-bond donors (Lipinski definition) is 1. The molecule has 2 fully saturated rings. The summed E-state index contributed by atoms with van der Waals surface area (Å²) in [4.78, 5) is 0. The Morgan fingerprint density at radius 3 is 2.19 bits per heavy atom. The van der Waals surface area contributed by atoms with Gasteiger partial charge in [0.25, 0.3) is 0 Å². The maximum Gasteiger partial charge on any atom is 0.00722 e. The Morgan fingerprint density at radius 2 is 1.62 bits per heavy atom. The Labute approximate surface area is 101 Å². The van der Waals surface area contributed by atoms with Gasteiger partial charge < -0.3 is 5.32 Å². The van der Waals surface area contributed by atoms with Gasteiger partial charge in [-0.3, -0.25) is 0 Å². The molecule has 2 rings (SSSR count). The summed E-state index contributed by atoms with van der Waals surface area (Å²) in [6.07, 6.45) is 13.1. The first-order valence-electron chi connectivity index (χ1n) is 7.51. The fourth-order valence-corrected chi connectivity index (χ4v) is 3.68. The van der Waals surface area contributed by atoms with Gasteiger partial charge in [-0.25, -0.2) is 0 Å². The second-order valence-corrected chi connectivity index (χ2v) is 6.32. The SMILES string of the molecule is CC1CCC(N[C@@H](C)C2CCCCCC2)C1. The number of nitrogens with one attached hydrogen (secondary N) is 1. The molecule has 94 valence electrons. The molecule has 16 heavy (non-hydrogen) atoms. The van der Waals surface area contributed by atoms with Crippen molar-refractivity contribution >= 4 is 0 Å². The standard InChI is InChI=1S/C15H29N/c1-12-9-10-15(11-12)16-13(2)14-7-5-3-4-6-8-14/h12-16H,3-11H2,1-2H3/t12?,13-,15?/m0/s1. The van der Waals surface area contributed by atoms with Gasteiger partial charge in [-0.05, 0) is 50.9 Å². The number of rotatable bonds is 3. The van der Waals surface area contributed by atoms with Crippen molar-refractivity contribution in [1.82, 2.24) is 5.32 Å². The van der Waals surface area contributed by atoms with Crippen LogP contribution in [0.25, 0.3) is 0 Å². The highest BCUT2D eigenvalue weighted by molar-refractivity contribution is 4.83. The smallest absolute Gasteiger partial charge is 0.00722 e. The first-order chi connectivity index (χ1) is 7.75. The van der Waals surface area contributed by atoms with E-state index in [1.165, 1.54) is 57.8 Å². The van der Waals surface area contributed by atoms with Crippen molar-refractivity contribution in [2.45, 2.75) is 83.7 Å². The van der Waals surface area contributed by atoms with E-state index in [0.717, 1.165) is 23.9 Å². The molecular formula is C15H29N. The Kier molecular flexibility index (Phi) is 4.69. The molecule has 0 amide bonds. The average Bonchev–Trinajstić information content (AvgIpc) is 2.56. The van der Waals surface area contributed by atoms with Crippen LogP contribution in [0.3, 0.4) is 0 Å². The highest BCUT2D eigenvalue weighted by Crippen LogP contribution is 2.29. The Hall–Kier alpha value is -0.0400. The van der Waals surface area contributed by atoms with Gasteiger partial charge in [-0.1, -0.05) is 32.6 Å². The van der Waals surface area contributed by atoms with Crippen LogP contribution in [0.15, 0.2) is 0 Å². The van der Waals surface area contributed by atoms with Crippen LogP contribution in [0.4, 0.5) is 0 Å². The van der Waals surface area contributed by atoms with Gasteiger partial charge in [0.15, 0.2) is 0 Å². The van der Waals surface area contributed by atoms with Crippen molar-refractivity contribution in [2.24, 2.45) is 11.8 Å². The first-order valence-corrected chi connectivity index (χ1v) is 7.51. The third-order valence-electron chi connectivity index (χ3n) is 4.80. The van der Waals surface area contributed by atoms with E-state index >= 15 is 0 Å². The molecule has 0 aliphatic heterocycles. The minimum Gasteiger partial charge on any atom is -0.311 e. The summed E-state index contributed by atoms with van der Waals surface area (Å²) < 4.78 is 0. The van der Waals surface area contributed by atoms with Crippen LogP contribution >= 0.6 is 0 Å². The number of hydrogen-bond acceptors (Lipinski definition) is 1. The van der Waals surface area contributed by atoms with E-state index in [2.05, 4.69) is 19.2 Å². The molecule has 2 unspecified atom stereocenters. The van der Waals surface area contributed by atoms with Gasteiger partial charge in [0.1, 0.15) is 0 Å². The Balaban J connectivity index is 1.75. The third-order valence-corrected chi connectivity index (χ3v) is 4.80. The minimum absolute atomic E-state index is 0.758. The summed E-state index contributed by atoms with van der Waals surface area (Å²) in [5, 5.41) is 3.91. The summed E-state index contributed by atoms with van der Waals surface area (Å²) >= 11 is 0. The molecule has 0 aromatic heterocycles. The molecule has 0 aromatic rings. The zero-order chi connectivity index (χ0) is 11.4. The molecule has 0 saturated heterocycles. The maximum absolute atomic E-state index is 3.91. The zero-order valence-electron chi connectivity index (χ0n) is 11.2. The quantitative estimate of drug-likeness (QED) is 0.710. The van der Waals surface area contributed by atoms with Crippen molar-refractivity contribution in [3.05, 3.63) is 0 Å². The summed E-state index contributed by atoms with van der Waals surface area (Å²) in [5.41, 5.74) is 0. The summed E-state index contributed by atoms with van der Waals surface area (Å²) in [6.45, 7) is 4.83. The normalized spacial score (nSPS) is 34.9. The van der Waals surface area contributed by atoms with Crippen LogP contribution in [-0.4, -0.2) is 12.1 Å². The molecule has 2 saturated carbocycles. The van der Waals surface area contributed by atoms with Crippen LogP contribution in [0.1, 0.15) is 71.6 Å². The van der Waals surface area contributed by atoms with Gasteiger partial charge in [-0.15, -0.1) is 0 Å². The fourth-order valence-electron chi connectivity index (χ4n) is 3.68. The van der Waals surface area contributed by atoms with E-state index in [0.29, 0.717) is 0 Å². The van der Waals surface area contributed by atoms with E-state index in [1.807, 2.05) is 0 Å². The molecule has 2 aliphatic carbocycles. The second kappa shape index (κ2) is 6.05. The lowest BCUT2D eigenvalue weighted by Crippen LogP contribution is -2.39. The van der Waals surface area contributed by atoms with Gasteiger partial charge in [-0.2, -0.15) is 0 Å². The van der Waals surface area contributed by atoms with Crippen molar-refractivity contribution in [2.75, 3.05) is 0 Å². The predicted molar refractivity (Wildman–Crippen MR) is 70.6 cm³/mol. The molecule has 0 spiro atoms. The van der Waals surface area contributed by atoms with E-state index in [9.17, 15) is 0 Å². The molecule has 0 radical (unpaired) electrons. The molecule has 0 aromatic carbocycles. The monoisotopic (exact) mass is 223 g/mol. The molecule has 2 aliphatic rings. The molecule has 1 N–H and O–H groups in total. The van der Waals surface area contributed by atoms with Gasteiger partial charge in [0.2, 0.25) is 0 Å². The van der Waals surface area contributed by atoms with E-state index in [1.54, 1.807) is 0 Å². The molecule has 3 atom stereocenters. The summed E-state index contributed by atoms with van der Waals surface area (Å²) in [6, 6.07) is 1.58. The summed E-state index contributed by atoms with van der Waals surface area (Å²) in [5.74, 6) is 1.91. The topological polar surface area (TPSA) is 12.0 Å².